The van der Waals surface area contributed by atoms with E-state index in [0.717, 1.165) is 18.5 Å². The molecule has 0 saturated heterocycles. The summed E-state index contributed by atoms with van der Waals surface area (Å²) in [6.07, 6.45) is 1.85. The highest BCUT2D eigenvalue weighted by molar-refractivity contribution is 6.25. The smallest absolute Gasteiger partial charge is 0.258 e. The highest BCUT2D eigenvalue weighted by Crippen LogP contribution is 2.51. The van der Waals surface area contributed by atoms with Crippen molar-refractivity contribution in [2.45, 2.75) is 64.0 Å². The van der Waals surface area contributed by atoms with E-state index in [0.29, 0.717) is 18.4 Å². The van der Waals surface area contributed by atoms with Gasteiger partial charge in [-0.2, -0.15) is 0 Å². The lowest BCUT2D eigenvalue weighted by Crippen LogP contribution is -2.58. The average Bonchev–Trinajstić information content (AvgIpc) is 2.76. The molecular formula is C28H36N2O7. The van der Waals surface area contributed by atoms with Gasteiger partial charge in [-0.25, -0.2) is 0 Å². The summed E-state index contributed by atoms with van der Waals surface area (Å²) in [5.41, 5.74) is -2.24. The van der Waals surface area contributed by atoms with Gasteiger partial charge < -0.3 is 30.6 Å². The monoisotopic (exact) mass is 512 g/mol. The van der Waals surface area contributed by atoms with Gasteiger partial charge in [-0.05, 0) is 90.2 Å². The van der Waals surface area contributed by atoms with E-state index in [1.165, 1.54) is 6.07 Å². The van der Waals surface area contributed by atoms with E-state index in [1.807, 2.05) is 20.2 Å². The number of ketones is 2. The second-order valence-electron chi connectivity index (χ2n) is 11.8. The zero-order valence-electron chi connectivity index (χ0n) is 22.0. The predicted octanol–water partition coefficient (Wildman–Crippen LogP) is 2.50. The molecule has 37 heavy (non-hydrogen) atoms. The van der Waals surface area contributed by atoms with Crippen LogP contribution in [0.2, 0.25) is 0 Å². The van der Waals surface area contributed by atoms with E-state index >= 15 is 0 Å². The Balaban J connectivity index is 1.76. The van der Waals surface area contributed by atoms with Crippen LogP contribution in [0.25, 0.3) is 0 Å². The number of aromatic hydroxyl groups is 1. The third-order valence-electron chi connectivity index (χ3n) is 7.56. The Morgan fingerprint density at radius 2 is 1.81 bits per heavy atom. The maximum Gasteiger partial charge on any atom is 0.258 e. The molecule has 1 aromatic rings. The van der Waals surface area contributed by atoms with E-state index in [4.69, 9.17) is 0 Å². The van der Waals surface area contributed by atoms with Gasteiger partial charge in [0, 0.05) is 23.5 Å². The number of Topliss-reactive ketones (excluding diaryl/α,β-unsaturated/α-hetero) is 2. The van der Waals surface area contributed by atoms with E-state index in [9.17, 15) is 34.8 Å². The summed E-state index contributed by atoms with van der Waals surface area (Å²) < 4.78 is 0. The van der Waals surface area contributed by atoms with Gasteiger partial charge >= 0.3 is 0 Å². The Kier molecular flexibility index (Phi) is 6.75. The van der Waals surface area contributed by atoms with Crippen LogP contribution in [0.3, 0.4) is 0 Å². The molecule has 0 bridgehead atoms. The molecule has 9 nitrogen and oxygen atoms in total. The van der Waals surface area contributed by atoms with Crippen LogP contribution in [-0.4, -0.2) is 74.6 Å². The standard InChI is InChI=1S/C28H36N2O7/c1-27(2,3)29-26(36)22-19(32)13-16-11-15-12-17-14(7-6-10-30(4)5)8-9-18(31)21(17)23(33)20(15)24(34)28(16,37)25(22)35/h8-9,15-16,31-32,34,37H,6-7,10-13H2,1-5H3,(H,29,36)/t15-,16+,28+/m1/s1. The lowest BCUT2D eigenvalue weighted by Gasteiger charge is -2.46. The molecule has 3 atom stereocenters. The van der Waals surface area contributed by atoms with Crippen molar-refractivity contribution in [2.24, 2.45) is 11.8 Å². The van der Waals surface area contributed by atoms with Crippen LogP contribution in [0.5, 0.6) is 5.75 Å². The van der Waals surface area contributed by atoms with Gasteiger partial charge in [-0.3, -0.25) is 14.4 Å². The molecule has 1 aromatic carbocycles. The Morgan fingerprint density at radius 1 is 1.14 bits per heavy atom. The fourth-order valence-corrected chi connectivity index (χ4v) is 5.89. The Hall–Kier alpha value is -3.17. The summed E-state index contributed by atoms with van der Waals surface area (Å²) >= 11 is 0. The lowest BCUT2D eigenvalue weighted by atomic mass is 9.60. The fourth-order valence-electron chi connectivity index (χ4n) is 5.89. The SMILES string of the molecule is CN(C)CCCc1ccc(O)c2c1C[C@H]1C[C@H]3CC(O)=C(C(=O)NC(C)(C)C)C(=O)[C@@]3(O)C(O)=C1C2=O. The summed E-state index contributed by atoms with van der Waals surface area (Å²) in [5, 5.41) is 46.7. The first-order valence-corrected chi connectivity index (χ1v) is 12.6. The number of hydrogen-bond acceptors (Lipinski definition) is 8. The van der Waals surface area contributed by atoms with Gasteiger partial charge in [0.1, 0.15) is 22.8 Å². The number of phenolic OH excluding ortho intramolecular Hbond substituents is 1. The minimum atomic E-state index is -2.52. The number of carbonyl (C=O) groups excluding carboxylic acids is 3. The zero-order chi connectivity index (χ0) is 27.4. The largest absolute Gasteiger partial charge is 0.511 e. The third kappa shape index (κ3) is 4.55. The Morgan fingerprint density at radius 3 is 2.43 bits per heavy atom. The Labute approximate surface area is 216 Å². The topological polar surface area (TPSA) is 147 Å². The molecule has 200 valence electrons. The van der Waals surface area contributed by atoms with Crippen molar-refractivity contribution in [1.82, 2.24) is 10.2 Å². The van der Waals surface area contributed by atoms with Crippen LogP contribution in [0.4, 0.5) is 0 Å². The molecule has 0 fully saturated rings. The number of aryl methyl sites for hydroxylation is 1. The molecule has 1 amide bonds. The minimum absolute atomic E-state index is 0.0783. The molecule has 0 aromatic heterocycles. The number of nitrogens with zero attached hydrogens (tertiary/aromatic N) is 1. The summed E-state index contributed by atoms with van der Waals surface area (Å²) in [7, 11) is 3.96. The first-order valence-electron chi connectivity index (χ1n) is 12.6. The van der Waals surface area contributed by atoms with Gasteiger partial charge in [0.15, 0.2) is 11.4 Å². The van der Waals surface area contributed by atoms with Crippen LogP contribution in [0.15, 0.2) is 34.8 Å². The number of fused-ring (bicyclic) bond motifs is 3. The molecule has 0 heterocycles. The number of aliphatic hydroxyl groups excluding tert-OH is 2. The highest BCUT2D eigenvalue weighted by atomic mass is 16.3. The predicted molar refractivity (Wildman–Crippen MR) is 136 cm³/mol. The van der Waals surface area contributed by atoms with Gasteiger partial charge in [0.05, 0.1) is 5.56 Å². The van der Waals surface area contributed by atoms with E-state index in [2.05, 4.69) is 10.2 Å². The van der Waals surface area contributed by atoms with Crippen LogP contribution < -0.4 is 5.32 Å². The number of allylic oxidation sites excluding steroid dienone is 2. The zero-order valence-corrected chi connectivity index (χ0v) is 22.0. The number of hydrogen-bond donors (Lipinski definition) is 5. The number of aliphatic hydroxyl groups is 3. The number of amides is 1. The maximum atomic E-state index is 13.7. The molecule has 3 aliphatic rings. The molecular weight excluding hydrogens is 476 g/mol. The van der Waals surface area contributed by atoms with Crippen molar-refractivity contribution in [3.05, 3.63) is 51.5 Å². The van der Waals surface area contributed by atoms with Crippen molar-refractivity contribution in [3.8, 4) is 5.75 Å². The number of benzene rings is 1. The second-order valence-corrected chi connectivity index (χ2v) is 11.8. The number of nitrogens with one attached hydrogen (secondary N) is 1. The number of rotatable bonds is 5. The van der Waals surface area contributed by atoms with Crippen molar-refractivity contribution >= 4 is 17.5 Å². The van der Waals surface area contributed by atoms with Crippen LogP contribution in [0, 0.1) is 11.8 Å². The number of phenols is 1. The lowest BCUT2D eigenvalue weighted by molar-refractivity contribution is -0.144. The average molecular weight is 513 g/mol. The molecule has 3 aliphatic carbocycles. The maximum absolute atomic E-state index is 13.7. The van der Waals surface area contributed by atoms with Crippen molar-refractivity contribution in [2.75, 3.05) is 20.6 Å². The van der Waals surface area contributed by atoms with Crippen molar-refractivity contribution in [1.29, 1.82) is 0 Å². The van der Waals surface area contributed by atoms with Crippen LogP contribution in [0.1, 0.15) is 61.5 Å². The summed E-state index contributed by atoms with van der Waals surface area (Å²) in [6, 6.07) is 3.27. The quantitative estimate of drug-likeness (QED) is 0.378. The minimum Gasteiger partial charge on any atom is -0.511 e. The molecule has 5 N–H and O–H groups in total. The molecule has 9 heteroatoms. The van der Waals surface area contributed by atoms with Gasteiger partial charge in [-0.1, -0.05) is 6.07 Å². The highest BCUT2D eigenvalue weighted by Gasteiger charge is 2.60. The van der Waals surface area contributed by atoms with Crippen LogP contribution in [-0.2, 0) is 22.4 Å². The number of carbonyl (C=O) groups is 3. The van der Waals surface area contributed by atoms with Gasteiger partial charge in [0.2, 0.25) is 5.78 Å². The Bertz CT molecular complexity index is 1240. The molecule has 0 saturated carbocycles. The summed E-state index contributed by atoms with van der Waals surface area (Å²) in [5.74, 6) is -5.50. The normalized spacial score (nSPS) is 25.7. The van der Waals surface area contributed by atoms with E-state index < -0.39 is 57.5 Å². The van der Waals surface area contributed by atoms with Gasteiger partial charge in [0.25, 0.3) is 5.91 Å². The first-order chi connectivity index (χ1) is 17.2. The molecule has 0 aliphatic heterocycles. The summed E-state index contributed by atoms with van der Waals surface area (Å²) in [4.78, 5) is 42.0. The second kappa shape index (κ2) is 9.29. The van der Waals surface area contributed by atoms with Crippen molar-refractivity contribution in [3.63, 3.8) is 0 Å². The first kappa shape index (κ1) is 26.9. The molecule has 4 rings (SSSR count). The van der Waals surface area contributed by atoms with Crippen LogP contribution >= 0.6 is 0 Å². The van der Waals surface area contributed by atoms with E-state index in [1.54, 1.807) is 20.8 Å². The summed E-state index contributed by atoms with van der Waals surface area (Å²) in [6.45, 7) is 5.97. The van der Waals surface area contributed by atoms with Crippen molar-refractivity contribution < 1.29 is 34.8 Å². The molecule has 0 radical (unpaired) electrons. The van der Waals surface area contributed by atoms with E-state index in [-0.39, 0.29) is 29.7 Å². The fraction of sp³-hybridized carbons (Fsp3) is 0.536. The third-order valence-corrected chi connectivity index (χ3v) is 7.56. The molecule has 0 spiro atoms. The molecule has 0 unspecified atom stereocenters. The van der Waals surface area contributed by atoms with Gasteiger partial charge in [-0.15, -0.1) is 0 Å².